The Kier molecular flexibility index (Phi) is 7.79. The first-order valence-corrected chi connectivity index (χ1v) is 13.3. The van der Waals surface area contributed by atoms with E-state index in [0.29, 0.717) is 56.0 Å². The van der Waals surface area contributed by atoms with Crippen LogP contribution in [0.2, 0.25) is 0 Å². The molecule has 0 aliphatic carbocycles. The molecule has 1 aliphatic rings. The van der Waals surface area contributed by atoms with Crippen LogP contribution in [0.5, 0.6) is 0 Å². The number of aryl methyl sites for hydroxylation is 2. The van der Waals surface area contributed by atoms with Crippen LogP contribution in [-0.4, -0.2) is 52.4 Å². The molecule has 34 heavy (non-hydrogen) atoms. The molecule has 0 atom stereocenters. The summed E-state index contributed by atoms with van der Waals surface area (Å²) in [5, 5.41) is 7.14. The van der Waals surface area contributed by atoms with Crippen molar-refractivity contribution < 1.29 is 13.2 Å². The number of benzene rings is 1. The molecule has 3 aromatic rings. The Morgan fingerprint density at radius 1 is 1.00 bits per heavy atom. The predicted molar refractivity (Wildman–Crippen MR) is 129 cm³/mol. The lowest BCUT2D eigenvalue weighted by atomic mass is 10.1. The van der Waals surface area contributed by atoms with Crippen molar-refractivity contribution in [1.29, 1.82) is 0 Å². The number of carbonyl (C=O) groups excluding carboxylic acids is 1. The van der Waals surface area contributed by atoms with E-state index < -0.39 is 10.0 Å². The molecule has 1 saturated heterocycles. The summed E-state index contributed by atoms with van der Waals surface area (Å²) in [5.74, 6) is -0.0800. The maximum Gasteiger partial charge on any atom is 0.350 e. The molecule has 182 valence electrons. The van der Waals surface area contributed by atoms with E-state index in [2.05, 4.69) is 10.4 Å². The number of amides is 1. The van der Waals surface area contributed by atoms with Gasteiger partial charge in [0.1, 0.15) is 0 Å². The van der Waals surface area contributed by atoms with Gasteiger partial charge >= 0.3 is 5.69 Å². The number of hydrogen-bond donors (Lipinski definition) is 1. The average Bonchev–Trinajstić information content (AvgIpc) is 3.01. The number of nitrogens with zero attached hydrogens (tertiary/aromatic N) is 4. The second-order valence-corrected chi connectivity index (χ2v) is 10.5. The van der Waals surface area contributed by atoms with Gasteiger partial charge in [0.15, 0.2) is 5.65 Å². The second kappa shape index (κ2) is 11.0. The van der Waals surface area contributed by atoms with Gasteiger partial charge in [-0.2, -0.15) is 4.31 Å². The molecule has 4 rings (SSSR count). The van der Waals surface area contributed by atoms with E-state index in [4.69, 9.17) is 0 Å². The summed E-state index contributed by atoms with van der Waals surface area (Å²) in [7, 11) is -3.46. The summed E-state index contributed by atoms with van der Waals surface area (Å²) < 4.78 is 30.2. The van der Waals surface area contributed by atoms with Crippen LogP contribution in [0.1, 0.15) is 44.1 Å². The lowest BCUT2D eigenvalue weighted by molar-refractivity contribution is -0.121. The van der Waals surface area contributed by atoms with Gasteiger partial charge in [-0.25, -0.2) is 17.9 Å². The summed E-state index contributed by atoms with van der Waals surface area (Å²) in [6.07, 6.45) is 7.08. The largest absolute Gasteiger partial charge is 0.356 e. The number of nitrogens with one attached hydrogen (secondary N) is 1. The first kappa shape index (κ1) is 24.2. The number of carbonyl (C=O) groups is 1. The molecule has 0 saturated carbocycles. The topological polar surface area (TPSA) is 106 Å². The molecule has 1 N–H and O–H groups in total. The van der Waals surface area contributed by atoms with Crippen LogP contribution < -0.4 is 11.0 Å². The quantitative estimate of drug-likeness (QED) is 0.468. The fourth-order valence-electron chi connectivity index (χ4n) is 4.18. The summed E-state index contributed by atoms with van der Waals surface area (Å²) in [6, 6.07) is 12.2. The first-order valence-electron chi connectivity index (χ1n) is 11.9. The number of fused-ring (bicyclic) bond motifs is 1. The highest BCUT2D eigenvalue weighted by Gasteiger charge is 2.24. The van der Waals surface area contributed by atoms with Crippen molar-refractivity contribution in [3.63, 3.8) is 0 Å². The summed E-state index contributed by atoms with van der Waals surface area (Å²) in [6.45, 7) is 2.03. The molecule has 9 nitrogen and oxygen atoms in total. The van der Waals surface area contributed by atoms with Gasteiger partial charge in [0, 0.05) is 38.8 Å². The molecule has 1 aliphatic heterocycles. The van der Waals surface area contributed by atoms with Crippen LogP contribution in [0, 0.1) is 0 Å². The van der Waals surface area contributed by atoms with Gasteiger partial charge in [0.2, 0.25) is 15.9 Å². The Balaban J connectivity index is 1.21. The maximum absolute atomic E-state index is 12.9. The van der Waals surface area contributed by atoms with Crippen LogP contribution in [0.3, 0.4) is 0 Å². The van der Waals surface area contributed by atoms with Crippen LogP contribution in [0.25, 0.3) is 5.65 Å². The number of sulfonamides is 1. The molecule has 0 radical (unpaired) electrons. The van der Waals surface area contributed by atoms with Crippen LogP contribution in [0.4, 0.5) is 0 Å². The van der Waals surface area contributed by atoms with Crippen molar-refractivity contribution in [1.82, 2.24) is 23.8 Å². The summed E-state index contributed by atoms with van der Waals surface area (Å²) in [4.78, 5) is 24.8. The third-order valence-corrected chi connectivity index (χ3v) is 8.04. The highest BCUT2D eigenvalue weighted by Crippen LogP contribution is 2.21. The molecule has 2 aromatic heterocycles. The van der Waals surface area contributed by atoms with E-state index in [0.717, 1.165) is 31.2 Å². The first-order chi connectivity index (χ1) is 16.4. The minimum atomic E-state index is -3.46. The van der Waals surface area contributed by atoms with Gasteiger partial charge in [-0.1, -0.05) is 31.0 Å². The van der Waals surface area contributed by atoms with Crippen molar-refractivity contribution >= 4 is 21.6 Å². The Labute approximate surface area is 199 Å². The minimum absolute atomic E-state index is 0.0800. The van der Waals surface area contributed by atoms with Crippen molar-refractivity contribution in [3.05, 3.63) is 64.7 Å². The average molecular weight is 486 g/mol. The van der Waals surface area contributed by atoms with Crippen molar-refractivity contribution in [3.8, 4) is 0 Å². The fraction of sp³-hybridized carbons (Fsp3) is 0.458. The van der Waals surface area contributed by atoms with Crippen LogP contribution in [0.15, 0.2) is 58.4 Å². The van der Waals surface area contributed by atoms with Crippen LogP contribution in [-0.2, 0) is 27.8 Å². The molecule has 10 heteroatoms. The Morgan fingerprint density at radius 2 is 1.74 bits per heavy atom. The van der Waals surface area contributed by atoms with Gasteiger partial charge in [-0.3, -0.25) is 9.20 Å². The third kappa shape index (κ3) is 5.74. The lowest BCUT2D eigenvalue weighted by Gasteiger charge is -2.20. The second-order valence-electron chi connectivity index (χ2n) is 8.60. The minimum Gasteiger partial charge on any atom is -0.356 e. The predicted octanol–water partition coefficient (Wildman–Crippen LogP) is 2.20. The molecule has 0 bridgehead atoms. The van der Waals surface area contributed by atoms with Gasteiger partial charge in [-0.15, -0.1) is 5.10 Å². The summed E-state index contributed by atoms with van der Waals surface area (Å²) >= 11 is 0. The molecule has 1 amide bonds. The lowest BCUT2D eigenvalue weighted by Crippen LogP contribution is -2.31. The van der Waals surface area contributed by atoms with E-state index in [9.17, 15) is 18.0 Å². The maximum atomic E-state index is 12.9. The van der Waals surface area contributed by atoms with Crippen molar-refractivity contribution in [2.24, 2.45) is 0 Å². The zero-order chi connectivity index (χ0) is 24.0. The third-order valence-electron chi connectivity index (χ3n) is 6.12. The number of hydrogen-bond acceptors (Lipinski definition) is 5. The molecule has 0 spiro atoms. The zero-order valence-corrected chi connectivity index (χ0v) is 20.0. The van der Waals surface area contributed by atoms with E-state index in [-0.39, 0.29) is 11.6 Å². The number of pyridine rings is 1. The number of rotatable bonds is 9. The zero-order valence-electron chi connectivity index (χ0n) is 19.2. The standard InChI is InChI=1S/C24H31N5O4S/c30-23(25-15-7-19-29-24(31)28-18-6-3-8-22(28)26-29)14-11-20-9-12-21(13-10-20)34(32,33)27-16-4-1-2-5-17-27/h3,6,8-10,12-13,18H,1-2,4-5,7,11,14-17,19H2,(H,25,30). The smallest absolute Gasteiger partial charge is 0.350 e. The fourth-order valence-corrected chi connectivity index (χ4v) is 5.69. The molecule has 1 fully saturated rings. The molecular weight excluding hydrogens is 454 g/mol. The monoisotopic (exact) mass is 485 g/mol. The highest BCUT2D eigenvalue weighted by molar-refractivity contribution is 7.89. The van der Waals surface area contributed by atoms with E-state index in [1.54, 1.807) is 46.9 Å². The van der Waals surface area contributed by atoms with Crippen LogP contribution >= 0.6 is 0 Å². The molecular formula is C24H31N5O4S. The Bertz CT molecular complexity index is 1270. The van der Waals surface area contributed by atoms with Gasteiger partial charge in [-0.05, 0) is 55.5 Å². The molecule has 1 aromatic carbocycles. The van der Waals surface area contributed by atoms with E-state index in [1.165, 1.54) is 9.08 Å². The Morgan fingerprint density at radius 3 is 2.44 bits per heavy atom. The van der Waals surface area contributed by atoms with Crippen molar-refractivity contribution in [2.45, 2.75) is 56.4 Å². The Hall–Kier alpha value is -2.98. The number of aromatic nitrogens is 3. The van der Waals surface area contributed by atoms with Gasteiger partial charge in [0.05, 0.1) is 4.90 Å². The van der Waals surface area contributed by atoms with Gasteiger partial charge < -0.3 is 5.32 Å². The van der Waals surface area contributed by atoms with Gasteiger partial charge in [0.25, 0.3) is 0 Å². The molecule has 3 heterocycles. The SMILES string of the molecule is O=C(CCc1ccc(S(=O)(=O)N2CCCCCC2)cc1)NCCCn1nc2ccccn2c1=O. The van der Waals surface area contributed by atoms with E-state index in [1.807, 2.05) is 6.07 Å². The highest BCUT2D eigenvalue weighted by atomic mass is 32.2. The van der Waals surface area contributed by atoms with Crippen molar-refractivity contribution in [2.75, 3.05) is 19.6 Å². The molecule has 0 unspecified atom stereocenters. The normalized spacial score (nSPS) is 15.3. The van der Waals surface area contributed by atoms with E-state index >= 15 is 0 Å². The summed E-state index contributed by atoms with van der Waals surface area (Å²) in [5.41, 5.74) is 1.33.